The lowest BCUT2D eigenvalue weighted by Crippen LogP contribution is -2.25. The molecule has 0 fully saturated rings. The minimum atomic E-state index is -0.745. The van der Waals surface area contributed by atoms with E-state index in [1.54, 1.807) is 36.4 Å². The maximum Gasteiger partial charge on any atom is 0.142 e. The van der Waals surface area contributed by atoms with Gasteiger partial charge in [0.25, 0.3) is 0 Å². The Morgan fingerprint density at radius 2 is 1.65 bits per heavy atom. The summed E-state index contributed by atoms with van der Waals surface area (Å²) >= 11 is 5.77. The van der Waals surface area contributed by atoms with Crippen molar-refractivity contribution in [3.63, 3.8) is 0 Å². The number of anilines is 1. The molecule has 1 atom stereocenters. The van der Waals surface area contributed by atoms with Crippen LogP contribution in [0.3, 0.4) is 0 Å². The zero-order chi connectivity index (χ0) is 14.4. The molecular weight excluding hydrogens is 278 g/mol. The van der Waals surface area contributed by atoms with Gasteiger partial charge in [-0.25, -0.2) is 0 Å². The van der Waals surface area contributed by atoms with E-state index in [-0.39, 0.29) is 13.2 Å². The topological polar surface area (TPSA) is 64.7 Å². The standard InChI is InChI=1S/C15H16ClNO3/c16-11-5-7-13(8-6-11)19-9-12(18)10-20-15-4-2-1-3-14(15)17/h1-8,12,18H,9-10,17H2. The summed E-state index contributed by atoms with van der Waals surface area (Å²) in [5.41, 5.74) is 6.28. The summed E-state index contributed by atoms with van der Waals surface area (Å²) in [4.78, 5) is 0. The summed E-state index contributed by atoms with van der Waals surface area (Å²) in [6.45, 7) is 0.246. The van der Waals surface area contributed by atoms with Gasteiger partial charge in [0.1, 0.15) is 30.8 Å². The van der Waals surface area contributed by atoms with Crippen LogP contribution in [0.2, 0.25) is 5.02 Å². The molecule has 0 bridgehead atoms. The van der Waals surface area contributed by atoms with E-state index in [4.69, 9.17) is 26.8 Å². The van der Waals surface area contributed by atoms with Crippen molar-refractivity contribution in [1.82, 2.24) is 0 Å². The molecule has 0 radical (unpaired) electrons. The lowest BCUT2D eigenvalue weighted by Gasteiger charge is -2.14. The Bertz CT molecular complexity index is 545. The molecule has 0 aliphatic rings. The number of halogens is 1. The molecule has 0 heterocycles. The van der Waals surface area contributed by atoms with Gasteiger partial charge in [0.2, 0.25) is 0 Å². The van der Waals surface area contributed by atoms with E-state index in [1.807, 2.05) is 12.1 Å². The van der Waals surface area contributed by atoms with Crippen molar-refractivity contribution >= 4 is 17.3 Å². The van der Waals surface area contributed by atoms with Crippen molar-refractivity contribution in [2.75, 3.05) is 18.9 Å². The number of nitrogen functional groups attached to an aromatic ring is 1. The van der Waals surface area contributed by atoms with Crippen LogP contribution in [0.1, 0.15) is 0 Å². The zero-order valence-corrected chi connectivity index (χ0v) is 11.6. The molecule has 1 unspecified atom stereocenters. The molecule has 0 saturated heterocycles. The van der Waals surface area contributed by atoms with Crippen LogP contribution in [-0.4, -0.2) is 24.4 Å². The molecule has 0 saturated carbocycles. The Hall–Kier alpha value is -1.91. The molecular formula is C15H16ClNO3. The summed E-state index contributed by atoms with van der Waals surface area (Å²) in [5, 5.41) is 10.4. The zero-order valence-electron chi connectivity index (χ0n) is 10.8. The van der Waals surface area contributed by atoms with Crippen LogP contribution in [0.4, 0.5) is 5.69 Å². The number of aliphatic hydroxyl groups excluding tert-OH is 1. The van der Waals surface area contributed by atoms with Gasteiger partial charge in [-0.2, -0.15) is 0 Å². The Labute approximate surface area is 122 Å². The third kappa shape index (κ3) is 4.33. The van der Waals surface area contributed by atoms with Crippen LogP contribution in [0.25, 0.3) is 0 Å². The van der Waals surface area contributed by atoms with Crippen LogP contribution >= 0.6 is 11.6 Å². The molecule has 3 N–H and O–H groups in total. The number of ether oxygens (including phenoxy) is 2. The van der Waals surface area contributed by atoms with Gasteiger partial charge in [-0.3, -0.25) is 0 Å². The molecule has 0 aromatic heterocycles. The quantitative estimate of drug-likeness (QED) is 0.804. The number of hydrogen-bond donors (Lipinski definition) is 2. The fraction of sp³-hybridized carbons (Fsp3) is 0.200. The average molecular weight is 294 g/mol. The molecule has 5 heteroatoms. The van der Waals surface area contributed by atoms with Crippen molar-refractivity contribution in [2.45, 2.75) is 6.10 Å². The Morgan fingerprint density at radius 1 is 1.00 bits per heavy atom. The molecule has 0 amide bonds. The maximum atomic E-state index is 9.80. The first-order valence-corrected chi connectivity index (χ1v) is 6.56. The monoisotopic (exact) mass is 293 g/mol. The predicted molar refractivity (Wildman–Crippen MR) is 79.3 cm³/mol. The Morgan fingerprint density at radius 3 is 2.35 bits per heavy atom. The molecule has 20 heavy (non-hydrogen) atoms. The fourth-order valence-corrected chi connectivity index (χ4v) is 1.70. The molecule has 0 spiro atoms. The summed E-state index contributed by atoms with van der Waals surface area (Å²) in [6, 6.07) is 14.1. The van der Waals surface area contributed by atoms with Crippen LogP contribution < -0.4 is 15.2 Å². The normalized spacial score (nSPS) is 11.9. The van der Waals surface area contributed by atoms with Crippen LogP contribution in [0.15, 0.2) is 48.5 Å². The maximum absolute atomic E-state index is 9.80. The SMILES string of the molecule is Nc1ccccc1OCC(O)COc1ccc(Cl)cc1. The molecule has 2 rings (SSSR count). The van der Waals surface area contributed by atoms with Crippen molar-refractivity contribution < 1.29 is 14.6 Å². The lowest BCUT2D eigenvalue weighted by molar-refractivity contribution is 0.0629. The second-order valence-electron chi connectivity index (χ2n) is 4.27. The second kappa shape index (κ2) is 7.03. The van der Waals surface area contributed by atoms with Crippen LogP contribution in [0.5, 0.6) is 11.5 Å². The van der Waals surface area contributed by atoms with Gasteiger partial charge in [-0.05, 0) is 36.4 Å². The minimum Gasteiger partial charge on any atom is -0.491 e. The van der Waals surface area contributed by atoms with Gasteiger partial charge in [-0.15, -0.1) is 0 Å². The van der Waals surface area contributed by atoms with Gasteiger partial charge in [0.15, 0.2) is 0 Å². The van der Waals surface area contributed by atoms with E-state index in [9.17, 15) is 5.11 Å². The van der Waals surface area contributed by atoms with Crippen LogP contribution in [-0.2, 0) is 0 Å². The number of benzene rings is 2. The summed E-state index contributed by atoms with van der Waals surface area (Å²) < 4.78 is 10.9. The summed E-state index contributed by atoms with van der Waals surface area (Å²) in [5.74, 6) is 1.20. The highest BCUT2D eigenvalue weighted by Gasteiger charge is 2.08. The molecule has 0 aliphatic carbocycles. The van der Waals surface area contributed by atoms with Crippen molar-refractivity contribution in [3.8, 4) is 11.5 Å². The van der Waals surface area contributed by atoms with E-state index in [2.05, 4.69) is 0 Å². The van der Waals surface area contributed by atoms with E-state index in [0.29, 0.717) is 22.2 Å². The van der Waals surface area contributed by atoms with Crippen molar-refractivity contribution in [3.05, 3.63) is 53.6 Å². The minimum absolute atomic E-state index is 0.113. The molecule has 0 aliphatic heterocycles. The molecule has 106 valence electrons. The van der Waals surface area contributed by atoms with E-state index in [0.717, 1.165) is 0 Å². The largest absolute Gasteiger partial charge is 0.491 e. The van der Waals surface area contributed by atoms with Crippen molar-refractivity contribution in [1.29, 1.82) is 0 Å². The molecule has 2 aromatic rings. The van der Waals surface area contributed by atoms with Crippen molar-refractivity contribution in [2.24, 2.45) is 0 Å². The number of aliphatic hydroxyl groups is 1. The van der Waals surface area contributed by atoms with Gasteiger partial charge < -0.3 is 20.3 Å². The van der Waals surface area contributed by atoms with Gasteiger partial charge >= 0.3 is 0 Å². The second-order valence-corrected chi connectivity index (χ2v) is 4.70. The number of rotatable bonds is 6. The number of para-hydroxylation sites is 2. The highest BCUT2D eigenvalue weighted by atomic mass is 35.5. The van der Waals surface area contributed by atoms with E-state index < -0.39 is 6.10 Å². The Balaban J connectivity index is 1.77. The highest BCUT2D eigenvalue weighted by Crippen LogP contribution is 2.20. The number of nitrogens with two attached hydrogens (primary N) is 1. The smallest absolute Gasteiger partial charge is 0.142 e. The lowest BCUT2D eigenvalue weighted by atomic mass is 10.3. The third-order valence-electron chi connectivity index (χ3n) is 2.61. The van der Waals surface area contributed by atoms with E-state index >= 15 is 0 Å². The molecule has 2 aromatic carbocycles. The highest BCUT2D eigenvalue weighted by molar-refractivity contribution is 6.30. The first-order chi connectivity index (χ1) is 9.65. The van der Waals surface area contributed by atoms with Gasteiger partial charge in [0.05, 0.1) is 5.69 Å². The average Bonchev–Trinajstić information content (AvgIpc) is 2.46. The molecule has 4 nitrogen and oxygen atoms in total. The predicted octanol–water partition coefficient (Wildman–Crippen LogP) is 2.74. The van der Waals surface area contributed by atoms with E-state index in [1.165, 1.54) is 0 Å². The number of hydrogen-bond acceptors (Lipinski definition) is 4. The Kier molecular flexibility index (Phi) is 5.09. The summed E-state index contributed by atoms with van der Waals surface area (Å²) in [7, 11) is 0. The van der Waals surface area contributed by atoms with Gasteiger partial charge in [0, 0.05) is 5.02 Å². The fourth-order valence-electron chi connectivity index (χ4n) is 1.57. The third-order valence-corrected chi connectivity index (χ3v) is 2.86. The first-order valence-electron chi connectivity index (χ1n) is 6.19. The van der Waals surface area contributed by atoms with Gasteiger partial charge in [-0.1, -0.05) is 23.7 Å². The first kappa shape index (κ1) is 14.5. The summed E-state index contributed by atoms with van der Waals surface area (Å²) in [6.07, 6.45) is -0.745. The van der Waals surface area contributed by atoms with Crippen LogP contribution in [0, 0.1) is 0 Å².